The number of piperidine rings is 1. The van der Waals surface area contributed by atoms with Gasteiger partial charge in [0.1, 0.15) is 29.9 Å². The van der Waals surface area contributed by atoms with Crippen molar-refractivity contribution >= 4 is 46.8 Å². The smallest absolute Gasteiger partial charge is 0.262 e. The number of hydrogen-bond donors (Lipinski definition) is 5. The van der Waals surface area contributed by atoms with Crippen molar-refractivity contribution in [3.63, 3.8) is 0 Å². The molecular weight excluding hydrogens is 716 g/mol. The number of hydrogen-bond acceptors (Lipinski definition) is 12. The van der Waals surface area contributed by atoms with Crippen LogP contribution in [0.4, 0.5) is 23.1 Å². The van der Waals surface area contributed by atoms with Crippen LogP contribution in [0.15, 0.2) is 42.6 Å². The minimum Gasteiger partial charge on any atom is -0.495 e. The number of nitrogens with zero attached hydrogens (tertiary/aromatic N) is 5. The predicted octanol–water partition coefficient (Wildman–Crippen LogP) is 4.25. The minimum absolute atomic E-state index is 0.0582. The Morgan fingerprint density at radius 3 is 2.54 bits per heavy atom. The van der Waals surface area contributed by atoms with E-state index < -0.39 is 30.3 Å². The summed E-state index contributed by atoms with van der Waals surface area (Å²) < 4.78 is 5.65. The van der Waals surface area contributed by atoms with Crippen LogP contribution in [0.3, 0.4) is 0 Å². The summed E-state index contributed by atoms with van der Waals surface area (Å²) in [5.41, 5.74) is 3.31. The molecule has 4 atom stereocenters. The number of imide groups is 1. The zero-order valence-corrected chi connectivity index (χ0v) is 32.3. The lowest BCUT2D eigenvalue weighted by atomic mass is 9.97. The maximum atomic E-state index is 13.4. The summed E-state index contributed by atoms with van der Waals surface area (Å²) in [6.45, 7) is 2.53. The third-order valence-electron chi connectivity index (χ3n) is 11.6. The Morgan fingerprint density at radius 2 is 1.79 bits per heavy atom. The van der Waals surface area contributed by atoms with Gasteiger partial charge in [-0.2, -0.15) is 4.98 Å². The van der Waals surface area contributed by atoms with Crippen molar-refractivity contribution < 1.29 is 34.1 Å². The fourth-order valence-corrected chi connectivity index (χ4v) is 8.63. The van der Waals surface area contributed by atoms with Gasteiger partial charge in [-0.15, -0.1) is 0 Å². The lowest BCUT2D eigenvalue weighted by molar-refractivity contribution is -0.120. The molecule has 3 aromatic rings. The number of carbonyl (C=O) groups excluding carboxylic acids is 4. The fourth-order valence-electron chi connectivity index (χ4n) is 8.63. The van der Waals surface area contributed by atoms with E-state index in [9.17, 15) is 29.4 Å². The summed E-state index contributed by atoms with van der Waals surface area (Å²) in [6, 6.07) is 9.73. The van der Waals surface area contributed by atoms with E-state index in [0.717, 1.165) is 67.6 Å². The Labute approximate surface area is 326 Å². The van der Waals surface area contributed by atoms with Gasteiger partial charge in [-0.1, -0.05) is 44.7 Å². The first-order valence-electron chi connectivity index (χ1n) is 19.9. The monoisotopic (exact) mass is 768 g/mol. The number of ether oxygens (including phenoxy) is 1. The van der Waals surface area contributed by atoms with Crippen molar-refractivity contribution in [3.05, 3.63) is 64.8 Å². The topological polar surface area (TPSA) is 190 Å². The number of fused-ring (bicyclic) bond motifs is 2. The largest absolute Gasteiger partial charge is 0.495 e. The van der Waals surface area contributed by atoms with Crippen LogP contribution in [0.25, 0.3) is 0 Å². The predicted molar refractivity (Wildman–Crippen MR) is 210 cm³/mol. The molecule has 1 saturated heterocycles. The van der Waals surface area contributed by atoms with Gasteiger partial charge in [-0.05, 0) is 81.2 Å². The Bertz CT molecular complexity index is 1970. The molecule has 2 aromatic carbocycles. The second-order valence-corrected chi connectivity index (χ2v) is 15.1. The van der Waals surface area contributed by atoms with E-state index in [1.807, 2.05) is 13.0 Å². The van der Waals surface area contributed by atoms with E-state index in [4.69, 9.17) is 9.72 Å². The van der Waals surface area contributed by atoms with Crippen LogP contribution in [0.1, 0.15) is 114 Å². The molecule has 3 aliphatic heterocycles. The average molecular weight is 769 g/mol. The maximum Gasteiger partial charge on any atom is 0.262 e. The van der Waals surface area contributed by atoms with Crippen molar-refractivity contribution in [2.24, 2.45) is 0 Å². The number of aliphatic hydroxyl groups excluding tert-OH is 2. The highest BCUT2D eigenvalue weighted by Gasteiger charge is 2.45. The van der Waals surface area contributed by atoms with Gasteiger partial charge in [-0.3, -0.25) is 29.4 Å². The normalized spacial score (nSPS) is 22.4. The first kappa shape index (κ1) is 39.1. The SMILES string of the molecule is CC[C@@H]1C(=O)N(C)c2cnc(Nc3ccc(C(=O)NCCCCCCc4cccc5c4C(=O)N(C4CCC(O)NC4O)C5=O)cc3OC)nc2N1C1CCCC1. The number of nitrogens with one attached hydrogen (secondary N) is 3. The third-order valence-corrected chi connectivity index (χ3v) is 11.6. The van der Waals surface area contributed by atoms with Crippen molar-refractivity contribution in [3.8, 4) is 5.75 Å². The molecule has 7 rings (SSSR count). The number of amides is 4. The molecule has 0 radical (unpaired) electrons. The number of rotatable bonds is 14. The van der Waals surface area contributed by atoms with Crippen molar-refractivity contribution in [2.45, 2.75) is 115 Å². The number of aliphatic hydroxyl groups is 2. The number of anilines is 4. The molecule has 15 heteroatoms. The molecule has 2 fully saturated rings. The van der Waals surface area contributed by atoms with E-state index in [1.165, 1.54) is 0 Å². The molecule has 1 aromatic heterocycles. The van der Waals surface area contributed by atoms with E-state index in [2.05, 4.69) is 25.8 Å². The lowest BCUT2D eigenvalue weighted by Crippen LogP contribution is -2.58. The van der Waals surface area contributed by atoms with E-state index >= 15 is 0 Å². The lowest BCUT2D eigenvalue weighted by Gasteiger charge is -2.43. The molecule has 0 bridgehead atoms. The van der Waals surface area contributed by atoms with E-state index in [-0.39, 0.29) is 23.9 Å². The Morgan fingerprint density at radius 1 is 1.00 bits per heavy atom. The molecule has 15 nitrogen and oxygen atoms in total. The van der Waals surface area contributed by atoms with Gasteiger partial charge in [-0.25, -0.2) is 4.98 Å². The fraction of sp³-hybridized carbons (Fsp3) is 0.512. The molecular formula is C41H52N8O7. The Balaban J connectivity index is 0.902. The molecule has 4 aliphatic rings. The highest BCUT2D eigenvalue weighted by Crippen LogP contribution is 2.40. The maximum absolute atomic E-state index is 13.4. The Kier molecular flexibility index (Phi) is 11.8. The van der Waals surface area contributed by atoms with Crippen LogP contribution in [0, 0.1) is 0 Å². The molecule has 5 N–H and O–H groups in total. The zero-order chi connectivity index (χ0) is 39.5. The molecule has 1 aliphatic carbocycles. The van der Waals surface area contributed by atoms with Crippen molar-refractivity contribution in [1.82, 2.24) is 25.5 Å². The van der Waals surface area contributed by atoms with Gasteiger partial charge in [0.25, 0.3) is 17.7 Å². The van der Waals surface area contributed by atoms with Gasteiger partial charge < -0.3 is 35.4 Å². The number of benzene rings is 2. The first-order chi connectivity index (χ1) is 27.1. The molecule has 0 spiro atoms. The summed E-state index contributed by atoms with van der Waals surface area (Å²) in [4.78, 5) is 67.4. The summed E-state index contributed by atoms with van der Waals surface area (Å²) in [6.07, 6.45) is 9.21. The number of methoxy groups -OCH3 is 1. The van der Waals surface area contributed by atoms with Gasteiger partial charge in [0.2, 0.25) is 11.9 Å². The quantitative estimate of drug-likeness (QED) is 0.116. The van der Waals surface area contributed by atoms with Gasteiger partial charge in [0.15, 0.2) is 5.82 Å². The zero-order valence-electron chi connectivity index (χ0n) is 32.3. The van der Waals surface area contributed by atoms with E-state index in [0.29, 0.717) is 72.0 Å². The minimum atomic E-state index is -1.19. The number of aryl methyl sites for hydroxylation is 1. The second kappa shape index (κ2) is 16.9. The molecule has 4 heterocycles. The van der Waals surface area contributed by atoms with Gasteiger partial charge in [0, 0.05) is 25.2 Å². The summed E-state index contributed by atoms with van der Waals surface area (Å²) in [5, 5.41) is 29.1. The van der Waals surface area contributed by atoms with Crippen LogP contribution in [0.5, 0.6) is 5.75 Å². The molecule has 298 valence electrons. The second-order valence-electron chi connectivity index (χ2n) is 15.1. The standard InChI is InChI=1S/C41H52N8O7/c1-4-29-39(54)47(2)31-23-43-41(46-35(31)48(29)26-14-8-9-15-26)44-28-18-17-25(22-32(28)56-3)36(51)42-21-10-6-5-7-12-24-13-11-16-27-34(24)40(55)49(38(27)53)30-19-20-33(50)45-37(30)52/h11,13,16-18,22-23,26,29-30,33,37,45,50,52H,4-10,12,14-15,19-21H2,1-3H3,(H,42,51)(H,43,44,46)/t29-,30?,33?,37?/m1/s1. The first-order valence-corrected chi connectivity index (χ1v) is 19.9. The number of unbranched alkanes of at least 4 members (excludes halogenated alkanes) is 3. The van der Waals surface area contributed by atoms with Crippen LogP contribution in [-0.2, 0) is 11.2 Å². The highest BCUT2D eigenvalue weighted by atomic mass is 16.5. The van der Waals surface area contributed by atoms with Crippen molar-refractivity contribution in [1.29, 1.82) is 0 Å². The highest BCUT2D eigenvalue weighted by molar-refractivity contribution is 6.22. The molecule has 3 unspecified atom stereocenters. The number of carbonyl (C=O) groups is 4. The van der Waals surface area contributed by atoms with Crippen molar-refractivity contribution in [2.75, 3.05) is 35.8 Å². The van der Waals surface area contributed by atoms with Crippen LogP contribution < -0.4 is 30.5 Å². The molecule has 56 heavy (non-hydrogen) atoms. The summed E-state index contributed by atoms with van der Waals surface area (Å²) in [5.74, 6) is 0.607. The van der Waals surface area contributed by atoms with Crippen LogP contribution in [-0.4, -0.2) is 100.0 Å². The van der Waals surface area contributed by atoms with Crippen LogP contribution in [0.2, 0.25) is 0 Å². The third kappa shape index (κ3) is 7.67. The summed E-state index contributed by atoms with van der Waals surface area (Å²) >= 11 is 0. The van der Waals surface area contributed by atoms with Gasteiger partial charge >= 0.3 is 0 Å². The number of aromatic nitrogens is 2. The van der Waals surface area contributed by atoms with E-state index in [1.54, 1.807) is 55.6 Å². The van der Waals surface area contributed by atoms with Crippen LogP contribution >= 0.6 is 0 Å². The molecule has 1 saturated carbocycles. The number of likely N-dealkylation sites (N-methyl/N-ethyl adjacent to an activating group) is 1. The Hall–Kier alpha value is -5.12. The summed E-state index contributed by atoms with van der Waals surface area (Å²) in [7, 11) is 3.32. The average Bonchev–Trinajstić information content (AvgIpc) is 3.82. The van der Waals surface area contributed by atoms with Gasteiger partial charge in [0.05, 0.1) is 36.2 Å². The molecule has 4 amide bonds.